The molecule has 0 saturated carbocycles. The second-order valence-electron chi connectivity index (χ2n) is 6.25. The smallest absolute Gasteiger partial charge is 0.379 e. The normalized spacial score (nSPS) is 24.2. The van der Waals surface area contributed by atoms with Crippen LogP contribution in [0.15, 0.2) is 24.3 Å². The van der Waals surface area contributed by atoms with Crippen molar-refractivity contribution in [3.8, 4) is 0 Å². The predicted molar refractivity (Wildman–Crippen MR) is 80.1 cm³/mol. The van der Waals surface area contributed by atoms with Gasteiger partial charge < -0.3 is 9.47 Å². The summed E-state index contributed by atoms with van der Waals surface area (Å²) in [5.74, 6) is 0. The predicted octanol–water partition coefficient (Wildman–Crippen LogP) is 3.48. The van der Waals surface area contributed by atoms with Crippen LogP contribution in [0.5, 0.6) is 0 Å². The number of halogens is 3. The standard InChI is InChI=1S/C17H22F3NO2/c18-17(19,20)16-4-2-1-3-13(16)11-21-8-5-14(6-9-21)23-15-7-10-22-12-15/h1-4,14-15H,5-12H2/t15-/m0/s1. The zero-order valence-corrected chi connectivity index (χ0v) is 13.0. The Morgan fingerprint density at radius 3 is 2.48 bits per heavy atom. The van der Waals surface area contributed by atoms with E-state index in [9.17, 15) is 13.2 Å². The lowest BCUT2D eigenvalue weighted by molar-refractivity contribution is -0.138. The molecule has 1 atom stereocenters. The first-order valence-electron chi connectivity index (χ1n) is 8.13. The fourth-order valence-corrected chi connectivity index (χ4v) is 3.27. The first kappa shape index (κ1) is 16.7. The number of rotatable bonds is 4. The van der Waals surface area contributed by atoms with Gasteiger partial charge in [-0.3, -0.25) is 4.90 Å². The van der Waals surface area contributed by atoms with Crippen LogP contribution >= 0.6 is 0 Å². The molecule has 2 saturated heterocycles. The molecule has 3 nitrogen and oxygen atoms in total. The number of alkyl halides is 3. The molecule has 2 aliphatic rings. The Hall–Kier alpha value is -1.11. The number of hydrogen-bond donors (Lipinski definition) is 0. The van der Waals surface area contributed by atoms with Gasteiger partial charge in [-0.2, -0.15) is 13.2 Å². The molecule has 2 heterocycles. The highest BCUT2D eigenvalue weighted by Crippen LogP contribution is 2.32. The zero-order chi connectivity index (χ0) is 16.3. The minimum atomic E-state index is -4.29. The molecule has 0 aliphatic carbocycles. The van der Waals surface area contributed by atoms with Crippen LogP contribution in [-0.4, -0.2) is 43.4 Å². The van der Waals surface area contributed by atoms with E-state index in [0.29, 0.717) is 18.7 Å². The summed E-state index contributed by atoms with van der Waals surface area (Å²) < 4.78 is 50.4. The van der Waals surface area contributed by atoms with E-state index in [1.807, 2.05) is 0 Å². The lowest BCUT2D eigenvalue weighted by Gasteiger charge is -2.33. The lowest BCUT2D eigenvalue weighted by atomic mass is 10.0. The van der Waals surface area contributed by atoms with E-state index in [-0.39, 0.29) is 12.2 Å². The summed E-state index contributed by atoms with van der Waals surface area (Å²) in [4.78, 5) is 2.08. The molecule has 6 heteroatoms. The van der Waals surface area contributed by atoms with Crippen molar-refractivity contribution in [2.24, 2.45) is 0 Å². The van der Waals surface area contributed by atoms with Crippen LogP contribution in [-0.2, 0) is 22.2 Å². The van der Waals surface area contributed by atoms with E-state index >= 15 is 0 Å². The van der Waals surface area contributed by atoms with Crippen LogP contribution in [0.4, 0.5) is 13.2 Å². The van der Waals surface area contributed by atoms with Crippen molar-refractivity contribution in [1.82, 2.24) is 4.90 Å². The first-order valence-corrected chi connectivity index (χ1v) is 8.13. The second-order valence-corrected chi connectivity index (χ2v) is 6.25. The zero-order valence-electron chi connectivity index (χ0n) is 13.0. The van der Waals surface area contributed by atoms with Gasteiger partial charge in [0.1, 0.15) is 0 Å². The van der Waals surface area contributed by atoms with Crippen molar-refractivity contribution < 1.29 is 22.6 Å². The van der Waals surface area contributed by atoms with Crippen LogP contribution in [0.25, 0.3) is 0 Å². The molecule has 0 N–H and O–H groups in total. The quantitative estimate of drug-likeness (QED) is 0.844. The van der Waals surface area contributed by atoms with Crippen LogP contribution < -0.4 is 0 Å². The maximum Gasteiger partial charge on any atom is 0.416 e. The number of hydrogen-bond acceptors (Lipinski definition) is 3. The number of piperidine rings is 1. The van der Waals surface area contributed by atoms with Gasteiger partial charge in [0.25, 0.3) is 0 Å². The minimum Gasteiger partial charge on any atom is -0.379 e. The number of likely N-dealkylation sites (tertiary alicyclic amines) is 1. The first-order chi connectivity index (χ1) is 11.0. The summed E-state index contributed by atoms with van der Waals surface area (Å²) in [6.07, 6.45) is -1.22. The van der Waals surface area contributed by atoms with Crippen LogP contribution in [0.3, 0.4) is 0 Å². The summed E-state index contributed by atoms with van der Waals surface area (Å²) >= 11 is 0. The topological polar surface area (TPSA) is 21.7 Å². The van der Waals surface area contributed by atoms with Gasteiger partial charge in [0.2, 0.25) is 0 Å². The molecular weight excluding hydrogens is 307 g/mol. The Morgan fingerprint density at radius 2 is 1.83 bits per heavy atom. The summed E-state index contributed by atoms with van der Waals surface area (Å²) in [6, 6.07) is 5.84. The molecule has 0 bridgehead atoms. The second kappa shape index (κ2) is 7.20. The van der Waals surface area contributed by atoms with Crippen molar-refractivity contribution in [2.45, 2.75) is 44.2 Å². The maximum atomic E-state index is 13.0. The summed E-state index contributed by atoms with van der Waals surface area (Å²) in [7, 11) is 0. The lowest BCUT2D eigenvalue weighted by Crippen LogP contribution is -2.38. The van der Waals surface area contributed by atoms with Crippen LogP contribution in [0, 0.1) is 0 Å². The van der Waals surface area contributed by atoms with E-state index < -0.39 is 11.7 Å². The van der Waals surface area contributed by atoms with Crippen molar-refractivity contribution in [3.63, 3.8) is 0 Å². The molecule has 2 aliphatic heterocycles. The average molecular weight is 329 g/mol. The summed E-state index contributed by atoms with van der Waals surface area (Å²) in [5.41, 5.74) is -0.176. The van der Waals surface area contributed by atoms with Gasteiger partial charge in [-0.05, 0) is 30.9 Å². The fraction of sp³-hybridized carbons (Fsp3) is 0.647. The van der Waals surface area contributed by atoms with Crippen molar-refractivity contribution >= 4 is 0 Å². The molecule has 1 aromatic rings. The molecule has 128 valence electrons. The Balaban J connectivity index is 1.53. The van der Waals surface area contributed by atoms with E-state index in [2.05, 4.69) is 4.90 Å². The monoisotopic (exact) mass is 329 g/mol. The van der Waals surface area contributed by atoms with Crippen LogP contribution in [0.1, 0.15) is 30.4 Å². The maximum absolute atomic E-state index is 13.0. The Kier molecular flexibility index (Phi) is 5.24. The molecule has 2 fully saturated rings. The highest BCUT2D eigenvalue weighted by Gasteiger charge is 2.33. The number of nitrogens with zero attached hydrogens (tertiary/aromatic N) is 1. The number of benzene rings is 1. The van der Waals surface area contributed by atoms with Gasteiger partial charge in [-0.1, -0.05) is 18.2 Å². The van der Waals surface area contributed by atoms with Crippen molar-refractivity contribution in [2.75, 3.05) is 26.3 Å². The van der Waals surface area contributed by atoms with Crippen molar-refractivity contribution in [3.05, 3.63) is 35.4 Å². The molecule has 0 radical (unpaired) electrons. The molecule has 0 aromatic heterocycles. The highest BCUT2D eigenvalue weighted by atomic mass is 19.4. The Morgan fingerprint density at radius 1 is 1.09 bits per heavy atom. The summed E-state index contributed by atoms with van der Waals surface area (Å²) in [6.45, 7) is 3.31. The molecule has 0 amide bonds. The third-order valence-electron chi connectivity index (χ3n) is 4.52. The van der Waals surface area contributed by atoms with Gasteiger partial charge >= 0.3 is 6.18 Å². The van der Waals surface area contributed by atoms with Gasteiger partial charge in [0, 0.05) is 26.2 Å². The molecule has 1 aromatic carbocycles. The third kappa shape index (κ3) is 4.46. The minimum absolute atomic E-state index is 0.192. The molecule has 0 spiro atoms. The van der Waals surface area contributed by atoms with E-state index in [4.69, 9.17) is 9.47 Å². The fourth-order valence-electron chi connectivity index (χ4n) is 3.27. The number of ether oxygens (including phenoxy) is 2. The van der Waals surface area contributed by atoms with E-state index in [0.717, 1.165) is 45.0 Å². The SMILES string of the molecule is FC(F)(F)c1ccccc1CN1CCC(O[C@H]2CCOC2)CC1. The largest absolute Gasteiger partial charge is 0.416 e. The molecule has 0 unspecified atom stereocenters. The Bertz CT molecular complexity index is 507. The van der Waals surface area contributed by atoms with Crippen LogP contribution in [0.2, 0.25) is 0 Å². The van der Waals surface area contributed by atoms with Gasteiger partial charge in [-0.25, -0.2) is 0 Å². The highest BCUT2D eigenvalue weighted by molar-refractivity contribution is 5.29. The van der Waals surface area contributed by atoms with Crippen molar-refractivity contribution in [1.29, 1.82) is 0 Å². The van der Waals surface area contributed by atoms with E-state index in [1.165, 1.54) is 6.07 Å². The third-order valence-corrected chi connectivity index (χ3v) is 4.52. The van der Waals surface area contributed by atoms with E-state index in [1.54, 1.807) is 12.1 Å². The van der Waals surface area contributed by atoms with Gasteiger partial charge in [0.05, 0.1) is 24.4 Å². The summed E-state index contributed by atoms with van der Waals surface area (Å²) in [5, 5.41) is 0. The molecule has 23 heavy (non-hydrogen) atoms. The average Bonchev–Trinajstić information content (AvgIpc) is 3.02. The Labute approximate surface area is 134 Å². The van der Waals surface area contributed by atoms with Gasteiger partial charge in [-0.15, -0.1) is 0 Å². The van der Waals surface area contributed by atoms with Gasteiger partial charge in [0.15, 0.2) is 0 Å². The molecular formula is C17H22F3NO2. The molecule has 3 rings (SSSR count).